The number of hydrogen-bond donors (Lipinski definition) is 1. The molecule has 116 valence electrons. The summed E-state index contributed by atoms with van der Waals surface area (Å²) in [6.45, 7) is 0.702. The van der Waals surface area contributed by atoms with Crippen molar-refractivity contribution in [1.82, 2.24) is 9.78 Å². The Hall–Kier alpha value is -1.66. The summed E-state index contributed by atoms with van der Waals surface area (Å²) in [4.78, 5) is 11.9. The quantitative estimate of drug-likeness (QED) is 0.910. The summed E-state index contributed by atoms with van der Waals surface area (Å²) in [6.07, 6.45) is 3.54. The minimum Gasteiger partial charge on any atom is -0.380 e. The molecule has 2 unspecified atom stereocenters. The SMILES string of the molecule is Cn1ncc(NC2CCOC(c3ccccc3)C2)c(Br)c1=O. The van der Waals surface area contributed by atoms with Crippen molar-refractivity contribution in [2.75, 3.05) is 11.9 Å². The molecule has 5 nitrogen and oxygen atoms in total. The second kappa shape index (κ2) is 6.62. The Kier molecular flexibility index (Phi) is 4.59. The van der Waals surface area contributed by atoms with Gasteiger partial charge in [0, 0.05) is 19.7 Å². The summed E-state index contributed by atoms with van der Waals surface area (Å²) in [5, 5.41) is 7.48. The van der Waals surface area contributed by atoms with Crippen molar-refractivity contribution in [3.05, 3.63) is 56.9 Å². The number of anilines is 1. The minimum atomic E-state index is -0.142. The molecule has 1 aromatic heterocycles. The van der Waals surface area contributed by atoms with E-state index in [0.29, 0.717) is 11.1 Å². The lowest BCUT2D eigenvalue weighted by Gasteiger charge is -2.31. The Morgan fingerprint density at radius 2 is 2.14 bits per heavy atom. The smallest absolute Gasteiger partial charge is 0.282 e. The van der Waals surface area contributed by atoms with Crippen molar-refractivity contribution >= 4 is 21.6 Å². The first kappa shape index (κ1) is 15.2. The van der Waals surface area contributed by atoms with E-state index in [4.69, 9.17) is 4.74 Å². The third kappa shape index (κ3) is 3.23. The third-order valence-electron chi connectivity index (χ3n) is 3.89. The van der Waals surface area contributed by atoms with Crippen LogP contribution < -0.4 is 10.9 Å². The summed E-state index contributed by atoms with van der Waals surface area (Å²) < 4.78 is 7.70. The molecule has 0 saturated carbocycles. The van der Waals surface area contributed by atoms with E-state index >= 15 is 0 Å². The van der Waals surface area contributed by atoms with Crippen LogP contribution in [0.25, 0.3) is 0 Å². The molecule has 1 aliphatic heterocycles. The van der Waals surface area contributed by atoms with Crippen molar-refractivity contribution in [2.24, 2.45) is 7.05 Å². The number of ether oxygens (including phenoxy) is 1. The van der Waals surface area contributed by atoms with Crippen molar-refractivity contribution in [1.29, 1.82) is 0 Å². The van der Waals surface area contributed by atoms with Gasteiger partial charge >= 0.3 is 0 Å². The molecule has 1 saturated heterocycles. The van der Waals surface area contributed by atoms with Gasteiger partial charge in [-0.05, 0) is 34.3 Å². The fourth-order valence-corrected chi connectivity index (χ4v) is 3.13. The predicted octanol–water partition coefficient (Wildman–Crippen LogP) is 2.88. The van der Waals surface area contributed by atoms with Crippen LogP contribution in [0.4, 0.5) is 5.69 Å². The first-order valence-electron chi connectivity index (χ1n) is 7.30. The fraction of sp³-hybridized carbons (Fsp3) is 0.375. The summed E-state index contributed by atoms with van der Waals surface area (Å²) >= 11 is 3.35. The van der Waals surface area contributed by atoms with Gasteiger partial charge < -0.3 is 10.1 Å². The molecule has 0 bridgehead atoms. The van der Waals surface area contributed by atoms with E-state index in [1.807, 2.05) is 18.2 Å². The number of benzene rings is 1. The maximum absolute atomic E-state index is 11.9. The Balaban J connectivity index is 1.73. The molecule has 1 aliphatic rings. The maximum atomic E-state index is 11.9. The molecule has 1 aromatic carbocycles. The topological polar surface area (TPSA) is 56.1 Å². The van der Waals surface area contributed by atoms with Gasteiger partial charge in [-0.1, -0.05) is 30.3 Å². The molecule has 1 fully saturated rings. The number of rotatable bonds is 3. The van der Waals surface area contributed by atoms with Gasteiger partial charge in [-0.3, -0.25) is 4.79 Å². The zero-order chi connectivity index (χ0) is 15.5. The van der Waals surface area contributed by atoms with Crippen molar-refractivity contribution in [3.8, 4) is 0 Å². The van der Waals surface area contributed by atoms with E-state index in [2.05, 4.69) is 38.5 Å². The molecular weight excluding hydrogens is 346 g/mol. The van der Waals surface area contributed by atoms with E-state index in [1.165, 1.54) is 10.2 Å². The average Bonchev–Trinajstić information content (AvgIpc) is 2.57. The van der Waals surface area contributed by atoms with Gasteiger partial charge in [0.25, 0.3) is 5.56 Å². The molecule has 0 radical (unpaired) electrons. The summed E-state index contributed by atoms with van der Waals surface area (Å²) in [7, 11) is 1.64. The van der Waals surface area contributed by atoms with E-state index in [-0.39, 0.29) is 17.7 Å². The second-order valence-corrected chi connectivity index (χ2v) is 6.23. The number of aromatic nitrogens is 2. The number of aryl methyl sites for hydroxylation is 1. The third-order valence-corrected chi connectivity index (χ3v) is 4.66. The van der Waals surface area contributed by atoms with Crippen LogP contribution in [0.15, 0.2) is 45.8 Å². The highest BCUT2D eigenvalue weighted by Crippen LogP contribution is 2.30. The number of hydrogen-bond acceptors (Lipinski definition) is 4. The van der Waals surface area contributed by atoms with E-state index in [9.17, 15) is 4.79 Å². The van der Waals surface area contributed by atoms with Crippen LogP contribution in [0.5, 0.6) is 0 Å². The number of halogens is 1. The lowest BCUT2D eigenvalue weighted by molar-refractivity contribution is 0.00978. The summed E-state index contributed by atoms with van der Waals surface area (Å²) in [5.41, 5.74) is 1.79. The average molecular weight is 364 g/mol. The highest BCUT2D eigenvalue weighted by molar-refractivity contribution is 9.10. The van der Waals surface area contributed by atoms with Gasteiger partial charge in [0.1, 0.15) is 4.47 Å². The molecule has 2 heterocycles. The Morgan fingerprint density at radius 3 is 2.91 bits per heavy atom. The van der Waals surface area contributed by atoms with Crippen molar-refractivity contribution < 1.29 is 4.74 Å². The monoisotopic (exact) mass is 363 g/mol. The van der Waals surface area contributed by atoms with Gasteiger partial charge in [0.2, 0.25) is 0 Å². The van der Waals surface area contributed by atoms with Crippen LogP contribution in [-0.4, -0.2) is 22.4 Å². The van der Waals surface area contributed by atoms with Crippen molar-refractivity contribution in [3.63, 3.8) is 0 Å². The summed E-state index contributed by atoms with van der Waals surface area (Å²) in [5.74, 6) is 0. The first-order chi connectivity index (χ1) is 10.6. The molecule has 1 N–H and O–H groups in total. The highest BCUT2D eigenvalue weighted by atomic mass is 79.9. The molecule has 6 heteroatoms. The van der Waals surface area contributed by atoms with Crippen LogP contribution in [0.2, 0.25) is 0 Å². The highest BCUT2D eigenvalue weighted by Gasteiger charge is 2.24. The van der Waals surface area contributed by atoms with Crippen LogP contribution >= 0.6 is 15.9 Å². The van der Waals surface area contributed by atoms with Gasteiger partial charge in [0.15, 0.2) is 0 Å². The lowest BCUT2D eigenvalue weighted by Crippen LogP contribution is -2.31. The second-order valence-electron chi connectivity index (χ2n) is 5.44. The zero-order valence-corrected chi connectivity index (χ0v) is 13.9. The number of nitrogens with zero attached hydrogens (tertiary/aromatic N) is 2. The fourth-order valence-electron chi connectivity index (χ4n) is 2.66. The first-order valence-corrected chi connectivity index (χ1v) is 8.09. The van der Waals surface area contributed by atoms with Gasteiger partial charge in [-0.2, -0.15) is 5.10 Å². The normalized spacial score (nSPS) is 21.5. The van der Waals surface area contributed by atoms with Crippen molar-refractivity contribution in [2.45, 2.75) is 25.0 Å². The van der Waals surface area contributed by atoms with E-state index in [0.717, 1.165) is 18.5 Å². The van der Waals surface area contributed by atoms with Gasteiger partial charge in [-0.25, -0.2) is 4.68 Å². The van der Waals surface area contributed by atoms with Crippen LogP contribution in [0.1, 0.15) is 24.5 Å². The Labute approximate surface area is 137 Å². The maximum Gasteiger partial charge on any atom is 0.282 e. The van der Waals surface area contributed by atoms with Crippen LogP contribution in [-0.2, 0) is 11.8 Å². The number of nitrogens with one attached hydrogen (secondary N) is 1. The largest absolute Gasteiger partial charge is 0.380 e. The van der Waals surface area contributed by atoms with Crippen LogP contribution in [0, 0.1) is 0 Å². The molecule has 0 amide bonds. The molecule has 0 aliphatic carbocycles. The predicted molar refractivity (Wildman–Crippen MR) is 89.0 cm³/mol. The van der Waals surface area contributed by atoms with E-state index < -0.39 is 0 Å². The lowest BCUT2D eigenvalue weighted by atomic mass is 9.97. The zero-order valence-electron chi connectivity index (χ0n) is 12.3. The molecule has 2 atom stereocenters. The van der Waals surface area contributed by atoms with E-state index in [1.54, 1.807) is 13.2 Å². The molecule has 0 spiro atoms. The molecule has 22 heavy (non-hydrogen) atoms. The molecule has 2 aromatic rings. The Bertz CT molecular complexity index is 702. The van der Waals surface area contributed by atoms with Gasteiger partial charge in [-0.15, -0.1) is 0 Å². The molecular formula is C16H18BrN3O2. The summed E-state index contributed by atoms with van der Waals surface area (Å²) in [6, 6.07) is 10.5. The van der Waals surface area contributed by atoms with Crippen LogP contribution in [0.3, 0.4) is 0 Å². The molecule has 3 rings (SSSR count). The minimum absolute atomic E-state index is 0.0886. The van der Waals surface area contributed by atoms with Gasteiger partial charge in [0.05, 0.1) is 18.0 Å². The standard InChI is InChI=1S/C16H18BrN3O2/c1-20-16(21)15(17)13(10-18-20)19-12-7-8-22-14(9-12)11-5-3-2-4-6-11/h2-6,10,12,14,19H,7-9H2,1H3. The Morgan fingerprint density at radius 1 is 1.36 bits per heavy atom.